The predicted molar refractivity (Wildman–Crippen MR) is 80.8 cm³/mol. The molecule has 0 unspecified atom stereocenters. The van der Waals surface area contributed by atoms with E-state index in [9.17, 15) is 4.79 Å². The number of hydrogen-bond acceptors (Lipinski definition) is 6. The van der Waals surface area contributed by atoms with Gasteiger partial charge in [0, 0.05) is 0 Å². The lowest BCUT2D eigenvalue weighted by Gasteiger charge is -1.99. The molecule has 1 aromatic carbocycles. The van der Waals surface area contributed by atoms with Gasteiger partial charge in [0.05, 0.1) is 22.5 Å². The van der Waals surface area contributed by atoms with Gasteiger partial charge in [0.25, 0.3) is 0 Å². The number of anilines is 1. The molecule has 8 heteroatoms. The first-order valence-corrected chi connectivity index (χ1v) is 7.92. The summed E-state index contributed by atoms with van der Waals surface area (Å²) in [5.74, 6) is 1.82. The number of fused-ring (bicyclic) bond motifs is 1. The van der Waals surface area contributed by atoms with Crippen LogP contribution in [-0.4, -0.2) is 31.8 Å². The first-order valence-electron chi connectivity index (χ1n) is 5.88. The number of para-hydroxylation sites is 2. The van der Waals surface area contributed by atoms with Crippen LogP contribution in [0.5, 0.6) is 0 Å². The Balaban J connectivity index is 1.51. The van der Waals surface area contributed by atoms with Gasteiger partial charge in [-0.25, -0.2) is 4.98 Å². The molecule has 3 rings (SSSR count). The summed E-state index contributed by atoms with van der Waals surface area (Å²) in [6.45, 7) is 0. The Bertz CT molecular complexity index is 677. The molecule has 2 heterocycles. The van der Waals surface area contributed by atoms with Crippen molar-refractivity contribution < 1.29 is 4.79 Å². The van der Waals surface area contributed by atoms with Crippen molar-refractivity contribution in [3.05, 3.63) is 35.6 Å². The van der Waals surface area contributed by atoms with Crippen LogP contribution in [-0.2, 0) is 10.5 Å². The molecule has 0 aliphatic heterocycles. The number of carbonyl (C=O) groups excluding carboxylic acids is 1. The van der Waals surface area contributed by atoms with Crippen LogP contribution >= 0.6 is 23.1 Å². The van der Waals surface area contributed by atoms with Crippen molar-refractivity contribution >= 4 is 45.2 Å². The lowest BCUT2D eigenvalue weighted by molar-refractivity contribution is -0.113. The van der Waals surface area contributed by atoms with Crippen LogP contribution in [0, 0.1) is 0 Å². The number of amides is 1. The second kappa shape index (κ2) is 6.02. The fraction of sp³-hybridized carbons (Fsp3) is 0.167. The number of aromatic amines is 1. The van der Waals surface area contributed by atoms with Crippen LogP contribution < -0.4 is 5.32 Å². The number of hydrogen-bond donors (Lipinski definition) is 2. The second-order valence-corrected chi connectivity index (χ2v) is 5.80. The van der Waals surface area contributed by atoms with E-state index in [0.29, 0.717) is 16.6 Å². The topological polar surface area (TPSA) is 83.6 Å². The highest BCUT2D eigenvalue weighted by Crippen LogP contribution is 2.15. The van der Waals surface area contributed by atoms with Gasteiger partial charge in [-0.2, -0.15) is 0 Å². The summed E-state index contributed by atoms with van der Waals surface area (Å²) in [5, 5.41) is 10.6. The van der Waals surface area contributed by atoms with Gasteiger partial charge in [-0.05, 0) is 12.1 Å². The number of carbonyl (C=O) groups is 1. The number of benzene rings is 1. The lowest BCUT2D eigenvalue weighted by Crippen LogP contribution is -2.14. The summed E-state index contributed by atoms with van der Waals surface area (Å²) in [7, 11) is 0. The third-order valence-corrected chi connectivity index (χ3v) is 4.07. The van der Waals surface area contributed by atoms with E-state index in [1.54, 1.807) is 5.51 Å². The molecule has 0 atom stereocenters. The van der Waals surface area contributed by atoms with Gasteiger partial charge < -0.3 is 4.98 Å². The van der Waals surface area contributed by atoms with Crippen molar-refractivity contribution in [2.75, 3.05) is 11.1 Å². The van der Waals surface area contributed by atoms with Crippen molar-refractivity contribution in [1.82, 2.24) is 20.2 Å². The minimum atomic E-state index is -0.0807. The quantitative estimate of drug-likeness (QED) is 0.755. The van der Waals surface area contributed by atoms with Crippen molar-refractivity contribution in [3.63, 3.8) is 0 Å². The molecule has 1 amide bonds. The Labute approximate surface area is 123 Å². The fourth-order valence-corrected chi connectivity index (χ4v) is 2.85. The normalized spacial score (nSPS) is 10.8. The molecule has 2 N–H and O–H groups in total. The molecule has 0 spiro atoms. The number of rotatable bonds is 5. The third kappa shape index (κ3) is 3.14. The standard InChI is InChI=1S/C12H11N5OS2/c18-11(16-12-17-13-7-20-12)6-19-5-10-14-8-3-1-2-4-9(8)15-10/h1-4,7H,5-6H2,(H,14,15)(H,16,17,18). The monoisotopic (exact) mass is 305 g/mol. The summed E-state index contributed by atoms with van der Waals surface area (Å²) in [5.41, 5.74) is 3.54. The maximum Gasteiger partial charge on any atom is 0.236 e. The van der Waals surface area contributed by atoms with Gasteiger partial charge in [0.1, 0.15) is 11.3 Å². The zero-order chi connectivity index (χ0) is 13.8. The molecule has 0 aliphatic carbocycles. The average Bonchev–Trinajstić information content (AvgIpc) is 3.07. The highest BCUT2D eigenvalue weighted by Gasteiger charge is 2.07. The Morgan fingerprint density at radius 1 is 1.40 bits per heavy atom. The first-order chi connectivity index (χ1) is 9.81. The molecule has 0 saturated carbocycles. The predicted octanol–water partition coefficient (Wildman–Crippen LogP) is 2.29. The summed E-state index contributed by atoms with van der Waals surface area (Å²) in [6.07, 6.45) is 0. The van der Waals surface area contributed by atoms with Crippen LogP contribution in [0.3, 0.4) is 0 Å². The highest BCUT2D eigenvalue weighted by molar-refractivity contribution is 7.99. The molecule has 0 radical (unpaired) electrons. The van der Waals surface area contributed by atoms with E-state index in [-0.39, 0.29) is 5.91 Å². The fourth-order valence-electron chi connectivity index (χ4n) is 1.70. The molecule has 6 nitrogen and oxygen atoms in total. The minimum Gasteiger partial charge on any atom is -0.341 e. The summed E-state index contributed by atoms with van der Waals surface area (Å²) < 4.78 is 0. The van der Waals surface area contributed by atoms with Crippen LogP contribution in [0.2, 0.25) is 0 Å². The van der Waals surface area contributed by atoms with E-state index >= 15 is 0 Å². The zero-order valence-corrected chi connectivity index (χ0v) is 12.0. The van der Waals surface area contributed by atoms with E-state index in [0.717, 1.165) is 16.9 Å². The summed E-state index contributed by atoms with van der Waals surface area (Å²) in [6, 6.07) is 7.86. The largest absolute Gasteiger partial charge is 0.341 e. The molecule has 0 bridgehead atoms. The number of thioether (sulfide) groups is 1. The highest BCUT2D eigenvalue weighted by atomic mass is 32.2. The number of aromatic nitrogens is 4. The number of H-pyrrole nitrogens is 1. The molecule has 0 fully saturated rings. The van der Waals surface area contributed by atoms with Crippen LogP contribution in [0.15, 0.2) is 29.8 Å². The van der Waals surface area contributed by atoms with E-state index in [1.165, 1.54) is 23.1 Å². The van der Waals surface area contributed by atoms with E-state index < -0.39 is 0 Å². The van der Waals surface area contributed by atoms with Crippen molar-refractivity contribution in [1.29, 1.82) is 0 Å². The number of nitrogens with zero attached hydrogens (tertiary/aromatic N) is 3. The molecule has 0 aliphatic rings. The molecule has 20 heavy (non-hydrogen) atoms. The van der Waals surface area contributed by atoms with Crippen LogP contribution in [0.1, 0.15) is 5.82 Å². The Hall–Kier alpha value is -1.93. The summed E-state index contributed by atoms with van der Waals surface area (Å²) >= 11 is 2.80. The maximum absolute atomic E-state index is 11.6. The molecule has 3 aromatic rings. The Morgan fingerprint density at radius 2 is 2.30 bits per heavy atom. The van der Waals surface area contributed by atoms with Crippen molar-refractivity contribution in [2.45, 2.75) is 5.75 Å². The molecular weight excluding hydrogens is 294 g/mol. The number of imidazole rings is 1. The van der Waals surface area contributed by atoms with Gasteiger partial charge in [-0.3, -0.25) is 10.1 Å². The lowest BCUT2D eigenvalue weighted by atomic mass is 10.3. The van der Waals surface area contributed by atoms with Gasteiger partial charge >= 0.3 is 0 Å². The number of nitrogens with one attached hydrogen (secondary N) is 2. The van der Waals surface area contributed by atoms with Crippen molar-refractivity contribution in [3.8, 4) is 0 Å². The van der Waals surface area contributed by atoms with Gasteiger partial charge in [-0.1, -0.05) is 23.5 Å². The Kier molecular flexibility index (Phi) is 3.93. The minimum absolute atomic E-state index is 0.0807. The zero-order valence-electron chi connectivity index (χ0n) is 10.4. The second-order valence-electron chi connectivity index (χ2n) is 3.99. The Morgan fingerprint density at radius 3 is 3.10 bits per heavy atom. The summed E-state index contributed by atoms with van der Waals surface area (Å²) in [4.78, 5) is 19.3. The van der Waals surface area contributed by atoms with Crippen LogP contribution in [0.25, 0.3) is 11.0 Å². The van der Waals surface area contributed by atoms with Crippen LogP contribution in [0.4, 0.5) is 5.13 Å². The van der Waals surface area contributed by atoms with Gasteiger partial charge in [0.15, 0.2) is 0 Å². The van der Waals surface area contributed by atoms with Gasteiger partial charge in [-0.15, -0.1) is 22.0 Å². The average molecular weight is 305 g/mol. The molecule has 2 aromatic heterocycles. The third-order valence-electron chi connectivity index (χ3n) is 2.52. The maximum atomic E-state index is 11.6. The molecule has 0 saturated heterocycles. The van der Waals surface area contributed by atoms with Crippen molar-refractivity contribution in [2.24, 2.45) is 0 Å². The molecular formula is C12H11N5OS2. The SMILES string of the molecule is O=C(CSCc1nc2ccccc2[nH]1)Nc1nncs1. The van der Waals surface area contributed by atoms with E-state index in [4.69, 9.17) is 0 Å². The smallest absolute Gasteiger partial charge is 0.236 e. The molecule has 102 valence electrons. The van der Waals surface area contributed by atoms with E-state index in [1.807, 2.05) is 24.3 Å². The first kappa shape index (κ1) is 13.1. The van der Waals surface area contributed by atoms with E-state index in [2.05, 4.69) is 25.5 Å². The van der Waals surface area contributed by atoms with Gasteiger partial charge in [0.2, 0.25) is 11.0 Å².